The van der Waals surface area contributed by atoms with Crippen LogP contribution in [-0.2, 0) is 4.74 Å². The molecule has 1 saturated heterocycles. The minimum absolute atomic E-state index is 0.231. The maximum atomic E-state index is 11.8. The van der Waals surface area contributed by atoms with Crippen LogP contribution in [0.15, 0.2) is 11.4 Å². The van der Waals surface area contributed by atoms with Crippen molar-refractivity contribution in [2.45, 2.75) is 18.6 Å². The molecule has 0 aliphatic carbocycles. The van der Waals surface area contributed by atoms with E-state index in [0.717, 1.165) is 0 Å². The van der Waals surface area contributed by atoms with Gasteiger partial charge in [-0.15, -0.1) is 11.3 Å². The van der Waals surface area contributed by atoms with E-state index in [4.69, 9.17) is 16.3 Å². The summed E-state index contributed by atoms with van der Waals surface area (Å²) in [5.41, 5.74) is 0. The van der Waals surface area contributed by atoms with Crippen molar-refractivity contribution in [1.82, 2.24) is 5.32 Å². The van der Waals surface area contributed by atoms with Gasteiger partial charge in [0.25, 0.3) is 5.91 Å². The summed E-state index contributed by atoms with van der Waals surface area (Å²) in [6, 6.07) is 1.43. The van der Waals surface area contributed by atoms with Gasteiger partial charge >= 0.3 is 0 Å². The number of ether oxygens (including phenoxy) is 1. The van der Waals surface area contributed by atoms with Gasteiger partial charge in [0, 0.05) is 6.61 Å². The van der Waals surface area contributed by atoms with Crippen LogP contribution in [0.2, 0.25) is 5.02 Å². The molecule has 1 aliphatic rings. The Kier molecular flexibility index (Phi) is 3.81. The van der Waals surface area contributed by atoms with Crippen molar-refractivity contribution in [3.63, 3.8) is 0 Å². The molecule has 1 aliphatic heterocycles. The topological polar surface area (TPSA) is 58.6 Å². The molecule has 2 atom stereocenters. The number of hydrogen-bond donors (Lipinski definition) is 2. The summed E-state index contributed by atoms with van der Waals surface area (Å²) in [6.07, 6.45) is -0.0213. The monoisotopic (exact) mass is 261 g/mol. The summed E-state index contributed by atoms with van der Waals surface area (Å²) < 4.78 is 5.08. The number of halogens is 1. The van der Waals surface area contributed by atoms with Crippen molar-refractivity contribution in [2.75, 3.05) is 13.2 Å². The summed E-state index contributed by atoms with van der Waals surface area (Å²) in [7, 11) is 0. The van der Waals surface area contributed by atoms with Gasteiger partial charge in [-0.3, -0.25) is 4.79 Å². The normalized spacial score (nSPS) is 25.4. The minimum Gasteiger partial charge on any atom is -0.389 e. The molecule has 6 heteroatoms. The molecule has 4 nitrogen and oxygen atoms in total. The summed E-state index contributed by atoms with van der Waals surface area (Å²) in [5.74, 6) is -0.231. The molecule has 1 aromatic rings. The molecule has 0 radical (unpaired) electrons. The van der Waals surface area contributed by atoms with Crippen molar-refractivity contribution in [1.29, 1.82) is 0 Å². The molecule has 1 fully saturated rings. The van der Waals surface area contributed by atoms with E-state index < -0.39 is 6.10 Å². The van der Waals surface area contributed by atoms with E-state index >= 15 is 0 Å². The van der Waals surface area contributed by atoms with Crippen LogP contribution in [0, 0.1) is 0 Å². The van der Waals surface area contributed by atoms with Gasteiger partial charge in [-0.1, -0.05) is 11.6 Å². The van der Waals surface area contributed by atoms with E-state index in [9.17, 15) is 9.90 Å². The van der Waals surface area contributed by atoms with Crippen LogP contribution < -0.4 is 5.32 Å². The lowest BCUT2D eigenvalue weighted by Gasteiger charge is -2.28. The van der Waals surface area contributed by atoms with E-state index in [2.05, 4.69) is 5.32 Å². The number of hydrogen-bond acceptors (Lipinski definition) is 4. The second-order valence-electron chi connectivity index (χ2n) is 3.61. The largest absolute Gasteiger partial charge is 0.389 e. The van der Waals surface area contributed by atoms with Crippen molar-refractivity contribution >= 4 is 28.8 Å². The van der Waals surface area contributed by atoms with Crippen molar-refractivity contribution < 1.29 is 14.6 Å². The average Bonchev–Trinajstić information content (AvgIpc) is 2.68. The number of nitrogens with one attached hydrogen (secondary N) is 1. The predicted molar refractivity (Wildman–Crippen MR) is 62.0 cm³/mol. The first-order chi connectivity index (χ1) is 7.68. The molecule has 0 saturated carbocycles. The molecular weight excluding hydrogens is 250 g/mol. The van der Waals surface area contributed by atoms with E-state index in [1.54, 1.807) is 11.4 Å². The zero-order valence-corrected chi connectivity index (χ0v) is 10.1. The highest BCUT2D eigenvalue weighted by Gasteiger charge is 2.26. The van der Waals surface area contributed by atoms with Gasteiger partial charge in [-0.2, -0.15) is 0 Å². The first kappa shape index (κ1) is 11.9. The first-order valence-electron chi connectivity index (χ1n) is 4.98. The fourth-order valence-corrected chi connectivity index (χ4v) is 2.62. The Hall–Kier alpha value is -0.620. The van der Waals surface area contributed by atoms with Gasteiger partial charge in [0.1, 0.15) is 4.88 Å². The van der Waals surface area contributed by atoms with E-state index in [0.29, 0.717) is 22.9 Å². The van der Waals surface area contributed by atoms with Gasteiger partial charge in [0.2, 0.25) is 0 Å². The fourth-order valence-electron chi connectivity index (χ4n) is 1.58. The van der Waals surface area contributed by atoms with Crippen LogP contribution in [0.4, 0.5) is 0 Å². The number of carbonyl (C=O) groups excluding carboxylic acids is 1. The van der Waals surface area contributed by atoms with E-state index in [-0.39, 0.29) is 18.6 Å². The predicted octanol–water partition coefficient (Wildman–Crippen LogP) is 1.28. The van der Waals surface area contributed by atoms with Crippen molar-refractivity contribution in [2.24, 2.45) is 0 Å². The van der Waals surface area contributed by atoms with Crippen LogP contribution in [0.3, 0.4) is 0 Å². The number of amides is 1. The molecule has 16 heavy (non-hydrogen) atoms. The Morgan fingerprint density at radius 1 is 1.69 bits per heavy atom. The highest BCUT2D eigenvalue weighted by Crippen LogP contribution is 2.22. The smallest absolute Gasteiger partial charge is 0.263 e. The third-order valence-corrected chi connectivity index (χ3v) is 3.81. The van der Waals surface area contributed by atoms with Crippen LogP contribution in [-0.4, -0.2) is 36.4 Å². The van der Waals surface area contributed by atoms with Crippen molar-refractivity contribution in [3.8, 4) is 0 Å². The molecule has 0 unspecified atom stereocenters. The second kappa shape index (κ2) is 5.14. The second-order valence-corrected chi connectivity index (χ2v) is 4.93. The van der Waals surface area contributed by atoms with Gasteiger partial charge < -0.3 is 15.2 Å². The maximum absolute atomic E-state index is 11.8. The Balaban J connectivity index is 1.99. The average molecular weight is 262 g/mol. The third kappa shape index (κ3) is 2.55. The Morgan fingerprint density at radius 3 is 3.12 bits per heavy atom. The summed E-state index contributed by atoms with van der Waals surface area (Å²) >= 11 is 7.14. The molecule has 2 N–H and O–H groups in total. The quantitative estimate of drug-likeness (QED) is 0.843. The molecule has 1 aromatic heterocycles. The highest BCUT2D eigenvalue weighted by atomic mass is 35.5. The molecule has 1 amide bonds. The molecule has 88 valence electrons. The minimum atomic E-state index is -0.642. The summed E-state index contributed by atoms with van der Waals surface area (Å²) in [6.45, 7) is 0.823. The van der Waals surface area contributed by atoms with Gasteiger partial charge in [0.15, 0.2) is 0 Å². The maximum Gasteiger partial charge on any atom is 0.263 e. The number of carbonyl (C=O) groups is 1. The lowest BCUT2D eigenvalue weighted by Crippen LogP contribution is -2.48. The summed E-state index contributed by atoms with van der Waals surface area (Å²) in [4.78, 5) is 12.3. The van der Waals surface area contributed by atoms with Crippen LogP contribution in [0.1, 0.15) is 16.1 Å². The van der Waals surface area contributed by atoms with E-state index in [1.165, 1.54) is 11.3 Å². The number of rotatable bonds is 2. The standard InChI is InChI=1S/C10H12ClNO3S/c11-6-2-4-16-9(6)10(14)12-7-1-3-15-5-8(7)13/h2,4,7-8,13H,1,3,5H2,(H,12,14)/t7-,8-/m1/s1. The molecule has 0 bridgehead atoms. The molecular formula is C10H12ClNO3S. The number of aliphatic hydroxyl groups is 1. The zero-order chi connectivity index (χ0) is 11.5. The highest BCUT2D eigenvalue weighted by molar-refractivity contribution is 7.12. The zero-order valence-electron chi connectivity index (χ0n) is 8.48. The third-order valence-electron chi connectivity index (χ3n) is 2.47. The number of aliphatic hydroxyl groups excluding tert-OH is 1. The van der Waals surface area contributed by atoms with Crippen LogP contribution in [0.25, 0.3) is 0 Å². The SMILES string of the molecule is O=C(N[C@@H]1CCOC[C@H]1O)c1sccc1Cl. The Morgan fingerprint density at radius 2 is 2.50 bits per heavy atom. The lowest BCUT2D eigenvalue weighted by molar-refractivity contribution is -0.0260. The van der Waals surface area contributed by atoms with Crippen LogP contribution >= 0.6 is 22.9 Å². The molecule has 2 rings (SSSR count). The number of thiophene rings is 1. The molecule has 2 heterocycles. The van der Waals surface area contributed by atoms with Gasteiger partial charge in [-0.25, -0.2) is 0 Å². The van der Waals surface area contributed by atoms with Gasteiger partial charge in [-0.05, 0) is 17.9 Å². The van der Waals surface area contributed by atoms with Crippen molar-refractivity contribution in [3.05, 3.63) is 21.3 Å². The molecule has 0 aromatic carbocycles. The van der Waals surface area contributed by atoms with E-state index in [1.807, 2.05) is 0 Å². The first-order valence-corrected chi connectivity index (χ1v) is 6.24. The lowest BCUT2D eigenvalue weighted by atomic mass is 10.1. The summed E-state index contributed by atoms with van der Waals surface area (Å²) in [5, 5.41) is 14.6. The van der Waals surface area contributed by atoms with Crippen LogP contribution in [0.5, 0.6) is 0 Å². The van der Waals surface area contributed by atoms with Gasteiger partial charge in [0.05, 0.1) is 23.8 Å². The Labute approximate surface area is 102 Å². The Bertz CT molecular complexity index is 382. The fraction of sp³-hybridized carbons (Fsp3) is 0.500. The molecule has 0 spiro atoms.